The van der Waals surface area contributed by atoms with Gasteiger partial charge in [-0.05, 0) is 62.4 Å². The van der Waals surface area contributed by atoms with Gasteiger partial charge in [0.15, 0.2) is 0 Å². The van der Waals surface area contributed by atoms with Crippen LogP contribution in [0.1, 0.15) is 12.8 Å². The minimum absolute atomic E-state index is 0.00387. The summed E-state index contributed by atoms with van der Waals surface area (Å²) in [5, 5.41) is 5.95. The van der Waals surface area contributed by atoms with Crippen LogP contribution in [0, 0.1) is 24.1 Å². The van der Waals surface area contributed by atoms with Crippen LogP contribution in [0.2, 0.25) is 0 Å². The van der Waals surface area contributed by atoms with Gasteiger partial charge in [0.05, 0.1) is 24.0 Å². The number of nitrogens with one attached hydrogen (secondary N) is 2. The third-order valence-corrected chi connectivity index (χ3v) is 5.82. The Morgan fingerprint density at radius 2 is 1.97 bits per heavy atom. The van der Waals surface area contributed by atoms with E-state index >= 15 is 0 Å². The van der Waals surface area contributed by atoms with Crippen LogP contribution in [0.15, 0.2) is 47.4 Å². The molecule has 0 spiro atoms. The van der Waals surface area contributed by atoms with Crippen molar-refractivity contribution in [3.05, 3.63) is 65.2 Å². The molecule has 0 bridgehead atoms. The lowest BCUT2D eigenvalue weighted by atomic mass is 10.1. The number of aromatic nitrogens is 1. The van der Waals surface area contributed by atoms with E-state index in [-0.39, 0.29) is 23.7 Å². The van der Waals surface area contributed by atoms with Crippen LogP contribution < -0.4 is 21.9 Å². The maximum absolute atomic E-state index is 14.6. The van der Waals surface area contributed by atoms with E-state index in [0.29, 0.717) is 12.2 Å². The number of rotatable bonds is 9. The van der Waals surface area contributed by atoms with Crippen LogP contribution in [-0.4, -0.2) is 53.5 Å². The number of nitrogens with two attached hydrogens (primary N) is 1. The zero-order valence-corrected chi connectivity index (χ0v) is 17.7. The molecule has 1 radical (unpaired) electrons. The van der Waals surface area contributed by atoms with Crippen LogP contribution in [-0.2, 0) is 9.59 Å². The van der Waals surface area contributed by atoms with Crippen LogP contribution in [0.5, 0.6) is 0 Å². The summed E-state index contributed by atoms with van der Waals surface area (Å²) in [6.07, 6.45) is 5.94. The van der Waals surface area contributed by atoms with Crippen molar-refractivity contribution in [2.24, 2.45) is 17.6 Å². The molecule has 1 saturated carbocycles. The summed E-state index contributed by atoms with van der Waals surface area (Å²) >= 11 is 0. The molecule has 169 valence electrons. The maximum atomic E-state index is 14.6. The fourth-order valence-electron chi connectivity index (χ4n) is 3.99. The summed E-state index contributed by atoms with van der Waals surface area (Å²) in [7, 11) is 0. The van der Waals surface area contributed by atoms with E-state index in [1.54, 1.807) is 29.3 Å². The highest BCUT2D eigenvalue weighted by molar-refractivity contribution is 5.93. The molecule has 2 fully saturated rings. The number of benzene rings is 1. The van der Waals surface area contributed by atoms with Gasteiger partial charge in [0.1, 0.15) is 5.82 Å². The molecule has 2 heterocycles. The van der Waals surface area contributed by atoms with Crippen molar-refractivity contribution in [2.45, 2.75) is 18.9 Å². The van der Waals surface area contributed by atoms with Crippen molar-refractivity contribution >= 4 is 17.5 Å². The minimum Gasteiger partial charge on any atom is -0.368 e. The molecule has 4 N–H and O–H groups in total. The molecule has 2 amide bonds. The first-order valence-corrected chi connectivity index (χ1v) is 10.8. The quantitative estimate of drug-likeness (QED) is 0.537. The topological polar surface area (TPSA) is 109 Å². The molecule has 1 unspecified atom stereocenters. The van der Waals surface area contributed by atoms with Crippen molar-refractivity contribution in [2.75, 3.05) is 31.5 Å². The normalized spacial score (nSPS) is 20.9. The van der Waals surface area contributed by atoms with Crippen LogP contribution in [0.3, 0.4) is 0 Å². The average Bonchev–Trinajstić information content (AvgIpc) is 3.49. The van der Waals surface area contributed by atoms with Gasteiger partial charge in [0.2, 0.25) is 11.8 Å². The smallest absolute Gasteiger partial charge is 0.255 e. The van der Waals surface area contributed by atoms with E-state index in [9.17, 15) is 18.8 Å². The van der Waals surface area contributed by atoms with Crippen molar-refractivity contribution in [1.82, 2.24) is 14.8 Å². The molecule has 1 saturated heterocycles. The van der Waals surface area contributed by atoms with Crippen LogP contribution >= 0.6 is 0 Å². The second-order valence-electron chi connectivity index (χ2n) is 8.45. The Kier molecular flexibility index (Phi) is 6.66. The Labute approximate surface area is 185 Å². The van der Waals surface area contributed by atoms with Crippen molar-refractivity contribution < 1.29 is 14.0 Å². The molecule has 4 rings (SSSR count). The van der Waals surface area contributed by atoms with E-state index in [1.165, 1.54) is 35.6 Å². The molecule has 2 atom stereocenters. The highest BCUT2D eigenvalue weighted by Gasteiger charge is 2.37. The van der Waals surface area contributed by atoms with Crippen LogP contribution in [0.4, 0.5) is 10.1 Å². The Bertz CT molecular complexity index is 1050. The molecule has 32 heavy (non-hydrogen) atoms. The standard InChI is InChI=1S/C23H27FN5O3/c24-18-10-17(29-8-2-1-3-22(29)31)6-7-19(18)27-21(30)14-28-13-16(9-20(28)23(25)32)12-26-11-15-4-5-15/h1-3,6-10,15-16,20,26H,4-5,11-14H2,(H2,25,32)(H,27,30)/t16-,20?/m0/s1. The number of carbonyl (C=O) groups excluding carboxylic acids is 2. The Morgan fingerprint density at radius 3 is 2.66 bits per heavy atom. The second kappa shape index (κ2) is 9.62. The molecular weight excluding hydrogens is 413 g/mol. The summed E-state index contributed by atoms with van der Waals surface area (Å²) in [6.45, 7) is 2.14. The van der Waals surface area contributed by atoms with Gasteiger partial charge in [0.25, 0.3) is 5.56 Å². The van der Waals surface area contributed by atoms with Gasteiger partial charge in [0, 0.05) is 24.9 Å². The number of primary amides is 1. The molecule has 9 heteroatoms. The van der Waals surface area contributed by atoms with Crippen molar-refractivity contribution in [1.29, 1.82) is 0 Å². The predicted molar refractivity (Wildman–Crippen MR) is 119 cm³/mol. The van der Waals surface area contributed by atoms with E-state index in [1.807, 2.05) is 6.42 Å². The van der Waals surface area contributed by atoms with Crippen molar-refractivity contribution in [3.63, 3.8) is 0 Å². The molecular formula is C23H27FN5O3. The number of hydrogen-bond donors (Lipinski definition) is 3. The number of amides is 2. The van der Waals surface area contributed by atoms with Gasteiger partial charge in [-0.1, -0.05) is 6.07 Å². The van der Waals surface area contributed by atoms with Gasteiger partial charge >= 0.3 is 0 Å². The second-order valence-corrected chi connectivity index (χ2v) is 8.45. The summed E-state index contributed by atoms with van der Waals surface area (Å²) in [5.74, 6) is -0.745. The lowest BCUT2D eigenvalue weighted by Gasteiger charge is -2.21. The lowest BCUT2D eigenvalue weighted by Crippen LogP contribution is -2.44. The zero-order valence-electron chi connectivity index (χ0n) is 17.7. The molecule has 1 aliphatic heterocycles. The van der Waals surface area contributed by atoms with Gasteiger partial charge in [-0.15, -0.1) is 0 Å². The van der Waals surface area contributed by atoms with E-state index < -0.39 is 23.7 Å². The predicted octanol–water partition coefficient (Wildman–Crippen LogP) is 0.905. The van der Waals surface area contributed by atoms with Gasteiger partial charge < -0.3 is 16.4 Å². The first-order valence-electron chi connectivity index (χ1n) is 10.8. The fourth-order valence-corrected chi connectivity index (χ4v) is 3.99. The SMILES string of the molecule is NC(=O)C1[CH][C@@H](CNCC2CC2)CN1CC(=O)Nc1ccc(-n2ccccc2=O)cc1F. The number of halogens is 1. The Balaban J connectivity index is 1.36. The number of likely N-dealkylation sites (tertiary alicyclic amines) is 1. The first-order chi connectivity index (χ1) is 15.4. The number of anilines is 1. The maximum Gasteiger partial charge on any atom is 0.255 e. The number of pyridine rings is 1. The summed E-state index contributed by atoms with van der Waals surface area (Å²) < 4.78 is 15.9. The molecule has 1 aliphatic carbocycles. The van der Waals surface area contributed by atoms with E-state index in [2.05, 4.69) is 10.6 Å². The zero-order chi connectivity index (χ0) is 22.7. The lowest BCUT2D eigenvalue weighted by molar-refractivity contribution is -0.123. The number of hydrogen-bond acceptors (Lipinski definition) is 5. The number of carbonyl (C=O) groups is 2. The van der Waals surface area contributed by atoms with Gasteiger partial charge in [-0.25, -0.2) is 4.39 Å². The summed E-state index contributed by atoms with van der Waals surface area (Å²) in [5.41, 5.74) is 5.60. The van der Waals surface area contributed by atoms with E-state index in [4.69, 9.17) is 5.73 Å². The molecule has 1 aromatic heterocycles. The Hall–Kier alpha value is -3.04. The summed E-state index contributed by atoms with van der Waals surface area (Å²) in [4.78, 5) is 38.0. The first kappa shape index (κ1) is 22.2. The molecule has 2 aromatic rings. The monoisotopic (exact) mass is 440 g/mol. The van der Waals surface area contributed by atoms with Gasteiger partial charge in [-0.2, -0.15) is 0 Å². The highest BCUT2D eigenvalue weighted by Crippen LogP contribution is 2.28. The average molecular weight is 440 g/mol. The van der Waals surface area contributed by atoms with Crippen LogP contribution in [0.25, 0.3) is 5.69 Å². The van der Waals surface area contributed by atoms with E-state index in [0.717, 1.165) is 19.0 Å². The fraction of sp³-hybridized carbons (Fsp3) is 0.391. The molecule has 2 aliphatic rings. The molecule has 1 aromatic carbocycles. The third-order valence-electron chi connectivity index (χ3n) is 5.82. The molecule has 8 nitrogen and oxygen atoms in total. The minimum atomic E-state index is -0.659. The number of nitrogens with zero attached hydrogens (tertiary/aromatic N) is 2. The highest BCUT2D eigenvalue weighted by atomic mass is 19.1. The van der Waals surface area contributed by atoms with Gasteiger partial charge in [-0.3, -0.25) is 23.9 Å². The largest absolute Gasteiger partial charge is 0.368 e. The summed E-state index contributed by atoms with van der Waals surface area (Å²) in [6, 6.07) is 8.18. The Morgan fingerprint density at radius 1 is 1.16 bits per heavy atom. The van der Waals surface area contributed by atoms with Crippen molar-refractivity contribution in [3.8, 4) is 5.69 Å². The third kappa shape index (κ3) is 5.41.